The van der Waals surface area contributed by atoms with Crippen LogP contribution in [-0.2, 0) is 14.6 Å². The molecule has 4 nitrogen and oxygen atoms in total. The van der Waals surface area contributed by atoms with Crippen molar-refractivity contribution in [1.82, 2.24) is 0 Å². The molecule has 0 saturated carbocycles. The summed E-state index contributed by atoms with van der Waals surface area (Å²) in [5, 5.41) is 2.33. The second-order valence-corrected chi connectivity index (χ2v) is 7.73. The lowest BCUT2D eigenvalue weighted by atomic mass is 10.3. The first-order chi connectivity index (χ1) is 10.4. The highest BCUT2D eigenvalue weighted by atomic mass is 35.5. The predicted molar refractivity (Wildman–Crippen MR) is 87.8 cm³/mol. The van der Waals surface area contributed by atoms with Gasteiger partial charge in [-0.15, -0.1) is 0 Å². The molecule has 0 radical (unpaired) electrons. The zero-order chi connectivity index (χ0) is 16.2. The Bertz CT molecular complexity index is 743. The standard InChI is InChI=1S/C16H16ClNO3S/c1-12(11-16(19)18-14-5-3-2-4-6-14)22(20,21)15-9-7-13(17)8-10-15/h2-10,12H,11H2,1H3,(H,18,19)/t12-/m0/s1. The fourth-order valence-corrected chi connectivity index (χ4v) is 3.44. The Morgan fingerprint density at radius 3 is 2.27 bits per heavy atom. The summed E-state index contributed by atoms with van der Waals surface area (Å²) in [5.41, 5.74) is 0.642. The summed E-state index contributed by atoms with van der Waals surface area (Å²) < 4.78 is 24.8. The Labute approximate surface area is 135 Å². The number of sulfone groups is 1. The van der Waals surface area contributed by atoms with E-state index < -0.39 is 15.1 Å². The zero-order valence-corrected chi connectivity index (χ0v) is 13.6. The summed E-state index contributed by atoms with van der Waals surface area (Å²) in [6.45, 7) is 1.52. The lowest BCUT2D eigenvalue weighted by Crippen LogP contribution is -2.25. The summed E-state index contributed by atoms with van der Waals surface area (Å²) >= 11 is 5.76. The third-order valence-corrected chi connectivity index (χ3v) is 5.61. The molecule has 116 valence electrons. The number of carbonyl (C=O) groups excluding carboxylic acids is 1. The van der Waals surface area contributed by atoms with Crippen LogP contribution in [0.15, 0.2) is 59.5 Å². The number of hydrogen-bond donors (Lipinski definition) is 1. The molecule has 0 heterocycles. The van der Waals surface area contributed by atoms with Crippen molar-refractivity contribution in [3.63, 3.8) is 0 Å². The van der Waals surface area contributed by atoms with E-state index in [2.05, 4.69) is 5.32 Å². The number of nitrogens with one attached hydrogen (secondary N) is 1. The van der Waals surface area contributed by atoms with Crippen LogP contribution in [0, 0.1) is 0 Å². The number of rotatable bonds is 5. The molecule has 22 heavy (non-hydrogen) atoms. The van der Waals surface area contributed by atoms with Gasteiger partial charge in [0.05, 0.1) is 10.1 Å². The van der Waals surface area contributed by atoms with Crippen LogP contribution < -0.4 is 5.32 Å². The number of anilines is 1. The van der Waals surface area contributed by atoms with Crippen LogP contribution in [0.25, 0.3) is 0 Å². The van der Waals surface area contributed by atoms with Gasteiger partial charge in [0, 0.05) is 17.1 Å². The zero-order valence-electron chi connectivity index (χ0n) is 12.0. The first-order valence-electron chi connectivity index (χ1n) is 6.74. The average molecular weight is 338 g/mol. The van der Waals surface area contributed by atoms with Crippen LogP contribution in [-0.4, -0.2) is 19.6 Å². The maximum absolute atomic E-state index is 12.4. The third kappa shape index (κ3) is 4.08. The fourth-order valence-electron chi connectivity index (χ4n) is 1.96. The highest BCUT2D eigenvalue weighted by Crippen LogP contribution is 2.21. The second kappa shape index (κ2) is 6.94. The van der Waals surface area contributed by atoms with Crippen molar-refractivity contribution in [1.29, 1.82) is 0 Å². The van der Waals surface area contributed by atoms with Gasteiger partial charge in [-0.05, 0) is 43.3 Å². The van der Waals surface area contributed by atoms with Gasteiger partial charge in [0.2, 0.25) is 5.91 Å². The van der Waals surface area contributed by atoms with Gasteiger partial charge in [0.1, 0.15) is 0 Å². The Hall–Kier alpha value is -1.85. The van der Waals surface area contributed by atoms with Crippen molar-refractivity contribution in [3.8, 4) is 0 Å². The van der Waals surface area contributed by atoms with Gasteiger partial charge in [-0.1, -0.05) is 29.8 Å². The molecular weight excluding hydrogens is 322 g/mol. The molecule has 6 heteroatoms. The molecule has 2 aromatic rings. The first-order valence-corrected chi connectivity index (χ1v) is 8.66. The van der Waals surface area contributed by atoms with E-state index in [1.165, 1.54) is 31.2 Å². The minimum atomic E-state index is -3.56. The number of carbonyl (C=O) groups is 1. The van der Waals surface area contributed by atoms with Crippen LogP contribution in [0.4, 0.5) is 5.69 Å². The average Bonchev–Trinajstić information content (AvgIpc) is 2.48. The van der Waals surface area contributed by atoms with Crippen molar-refractivity contribution in [3.05, 3.63) is 59.6 Å². The molecule has 1 atom stereocenters. The van der Waals surface area contributed by atoms with Crippen LogP contribution in [0.2, 0.25) is 5.02 Å². The van der Waals surface area contributed by atoms with Crippen molar-refractivity contribution < 1.29 is 13.2 Å². The predicted octanol–water partition coefficient (Wildman–Crippen LogP) is 3.53. The Morgan fingerprint density at radius 2 is 1.68 bits per heavy atom. The quantitative estimate of drug-likeness (QED) is 0.907. The first kappa shape index (κ1) is 16.5. The normalized spacial score (nSPS) is 12.6. The third-order valence-electron chi connectivity index (χ3n) is 3.20. The van der Waals surface area contributed by atoms with Crippen molar-refractivity contribution in [2.45, 2.75) is 23.5 Å². The largest absolute Gasteiger partial charge is 0.326 e. The van der Waals surface area contributed by atoms with E-state index >= 15 is 0 Å². The van der Waals surface area contributed by atoms with Gasteiger partial charge in [0.25, 0.3) is 0 Å². The van der Waals surface area contributed by atoms with Gasteiger partial charge >= 0.3 is 0 Å². The van der Waals surface area contributed by atoms with Crippen molar-refractivity contribution >= 4 is 33.0 Å². The van der Waals surface area contributed by atoms with Gasteiger partial charge in [-0.3, -0.25) is 4.79 Å². The second-order valence-electron chi connectivity index (χ2n) is 4.93. The molecule has 2 aromatic carbocycles. The molecule has 0 spiro atoms. The Kier molecular flexibility index (Phi) is 5.21. The summed E-state index contributed by atoms with van der Waals surface area (Å²) in [7, 11) is -3.56. The molecule has 0 bridgehead atoms. The fraction of sp³-hybridized carbons (Fsp3) is 0.188. The number of para-hydroxylation sites is 1. The number of benzene rings is 2. The molecule has 0 aliphatic rings. The minimum Gasteiger partial charge on any atom is -0.326 e. The van der Waals surface area contributed by atoms with Crippen LogP contribution in [0.3, 0.4) is 0 Å². The Balaban J connectivity index is 2.06. The lowest BCUT2D eigenvalue weighted by molar-refractivity contribution is -0.116. The maximum Gasteiger partial charge on any atom is 0.225 e. The molecule has 0 unspecified atom stereocenters. The van der Waals surface area contributed by atoms with E-state index in [-0.39, 0.29) is 17.2 Å². The maximum atomic E-state index is 12.4. The topological polar surface area (TPSA) is 63.2 Å². The van der Waals surface area contributed by atoms with Gasteiger partial charge in [-0.2, -0.15) is 0 Å². The number of halogens is 1. The van der Waals surface area contributed by atoms with E-state index in [0.717, 1.165) is 0 Å². The molecule has 0 aromatic heterocycles. The number of amides is 1. The lowest BCUT2D eigenvalue weighted by Gasteiger charge is -2.13. The highest BCUT2D eigenvalue weighted by Gasteiger charge is 2.25. The summed E-state index contributed by atoms with van der Waals surface area (Å²) in [5.74, 6) is -0.337. The molecule has 2 rings (SSSR count). The molecular formula is C16H16ClNO3S. The van der Waals surface area contributed by atoms with E-state index in [9.17, 15) is 13.2 Å². The minimum absolute atomic E-state index is 0.111. The van der Waals surface area contributed by atoms with Crippen molar-refractivity contribution in [2.75, 3.05) is 5.32 Å². The van der Waals surface area contributed by atoms with E-state index in [0.29, 0.717) is 10.7 Å². The molecule has 0 aliphatic heterocycles. The van der Waals surface area contributed by atoms with Crippen molar-refractivity contribution in [2.24, 2.45) is 0 Å². The van der Waals surface area contributed by atoms with Crippen LogP contribution >= 0.6 is 11.6 Å². The summed E-state index contributed by atoms with van der Waals surface area (Å²) in [6, 6.07) is 14.9. The van der Waals surface area contributed by atoms with Gasteiger partial charge < -0.3 is 5.32 Å². The molecule has 0 fully saturated rings. The summed E-state index contributed by atoms with van der Waals surface area (Å²) in [6.07, 6.45) is -0.111. The molecule has 1 N–H and O–H groups in total. The molecule has 0 saturated heterocycles. The monoisotopic (exact) mass is 337 g/mol. The van der Waals surface area contributed by atoms with Crippen LogP contribution in [0.5, 0.6) is 0 Å². The molecule has 1 amide bonds. The molecule has 0 aliphatic carbocycles. The Morgan fingerprint density at radius 1 is 1.09 bits per heavy atom. The SMILES string of the molecule is C[C@@H](CC(=O)Nc1ccccc1)S(=O)(=O)c1ccc(Cl)cc1. The van der Waals surface area contributed by atoms with E-state index in [1.807, 2.05) is 6.07 Å². The van der Waals surface area contributed by atoms with Gasteiger partial charge in [-0.25, -0.2) is 8.42 Å². The smallest absolute Gasteiger partial charge is 0.225 e. The summed E-state index contributed by atoms with van der Waals surface area (Å²) in [4.78, 5) is 12.1. The van der Waals surface area contributed by atoms with E-state index in [1.54, 1.807) is 24.3 Å². The van der Waals surface area contributed by atoms with E-state index in [4.69, 9.17) is 11.6 Å². The number of hydrogen-bond acceptors (Lipinski definition) is 3. The van der Waals surface area contributed by atoms with Gasteiger partial charge in [0.15, 0.2) is 9.84 Å². The highest BCUT2D eigenvalue weighted by molar-refractivity contribution is 7.92. The van der Waals surface area contributed by atoms with Crippen LogP contribution in [0.1, 0.15) is 13.3 Å².